The normalized spacial score (nSPS) is 20.3. The number of thioether (sulfide) groups is 1. The Labute approximate surface area is 119 Å². The molecule has 0 spiro atoms. The van der Waals surface area contributed by atoms with Gasteiger partial charge in [0.1, 0.15) is 0 Å². The largest absolute Gasteiger partial charge is 0.481 e. The Morgan fingerprint density at radius 3 is 2.89 bits per heavy atom. The number of carboxylic acid groups (broad SMARTS) is 1. The molecular formula is C13H24N2O3S. The van der Waals surface area contributed by atoms with E-state index in [1.807, 2.05) is 18.7 Å². The first-order valence-electron chi connectivity index (χ1n) is 6.91. The number of nitrogens with zero attached hydrogens (tertiary/aromatic N) is 1. The Morgan fingerprint density at radius 1 is 1.53 bits per heavy atom. The Morgan fingerprint density at radius 2 is 2.26 bits per heavy atom. The predicted molar refractivity (Wildman–Crippen MR) is 77.6 cm³/mol. The van der Waals surface area contributed by atoms with Crippen LogP contribution in [0.15, 0.2) is 0 Å². The number of hydrogen-bond acceptors (Lipinski definition) is 3. The van der Waals surface area contributed by atoms with Gasteiger partial charge in [0.2, 0.25) is 0 Å². The number of likely N-dealkylation sites (tertiary alicyclic amines) is 1. The molecule has 2 unspecified atom stereocenters. The number of aliphatic carboxylic acids is 1. The van der Waals surface area contributed by atoms with Gasteiger partial charge in [-0.1, -0.05) is 6.92 Å². The second-order valence-electron chi connectivity index (χ2n) is 4.92. The van der Waals surface area contributed by atoms with Crippen molar-refractivity contribution >= 4 is 23.8 Å². The van der Waals surface area contributed by atoms with Crippen LogP contribution < -0.4 is 5.32 Å². The first-order valence-corrected chi connectivity index (χ1v) is 8.06. The summed E-state index contributed by atoms with van der Waals surface area (Å²) in [6.07, 6.45) is 2.68. The van der Waals surface area contributed by atoms with Crippen molar-refractivity contribution in [3.05, 3.63) is 0 Å². The molecule has 0 saturated carbocycles. The number of carbonyl (C=O) groups is 2. The van der Waals surface area contributed by atoms with Gasteiger partial charge in [-0.3, -0.25) is 4.79 Å². The molecule has 5 nitrogen and oxygen atoms in total. The fourth-order valence-corrected chi connectivity index (χ4v) is 3.10. The number of carboxylic acids is 1. The molecule has 19 heavy (non-hydrogen) atoms. The van der Waals surface area contributed by atoms with Crippen molar-refractivity contribution in [2.24, 2.45) is 0 Å². The topological polar surface area (TPSA) is 69.6 Å². The zero-order valence-electron chi connectivity index (χ0n) is 11.7. The van der Waals surface area contributed by atoms with Crippen molar-refractivity contribution < 1.29 is 14.7 Å². The van der Waals surface area contributed by atoms with Gasteiger partial charge in [0.15, 0.2) is 0 Å². The van der Waals surface area contributed by atoms with Gasteiger partial charge in [-0.25, -0.2) is 4.79 Å². The van der Waals surface area contributed by atoms with Crippen LogP contribution >= 0.6 is 11.8 Å². The lowest BCUT2D eigenvalue weighted by molar-refractivity contribution is -0.137. The van der Waals surface area contributed by atoms with E-state index in [4.69, 9.17) is 5.11 Å². The second-order valence-corrected chi connectivity index (χ2v) is 6.32. The molecule has 0 radical (unpaired) electrons. The highest BCUT2D eigenvalue weighted by Crippen LogP contribution is 2.20. The summed E-state index contributed by atoms with van der Waals surface area (Å²) in [6.45, 7) is 4.78. The van der Waals surface area contributed by atoms with Gasteiger partial charge in [0.05, 0.1) is 6.42 Å². The minimum absolute atomic E-state index is 0.0491. The molecule has 6 heteroatoms. The van der Waals surface area contributed by atoms with Crippen molar-refractivity contribution in [3.8, 4) is 0 Å². The van der Waals surface area contributed by atoms with E-state index < -0.39 is 5.97 Å². The molecule has 1 rings (SSSR count). The quantitative estimate of drug-likeness (QED) is 0.704. The van der Waals surface area contributed by atoms with E-state index >= 15 is 0 Å². The maximum absolute atomic E-state index is 12.1. The molecule has 2 amide bonds. The molecule has 0 aromatic carbocycles. The second kappa shape index (κ2) is 8.30. The van der Waals surface area contributed by atoms with E-state index in [-0.39, 0.29) is 24.5 Å². The molecule has 0 bridgehead atoms. The van der Waals surface area contributed by atoms with Crippen molar-refractivity contribution in [2.75, 3.05) is 18.1 Å². The lowest BCUT2D eigenvalue weighted by Gasteiger charge is -2.26. The summed E-state index contributed by atoms with van der Waals surface area (Å²) < 4.78 is 0. The smallest absolute Gasteiger partial charge is 0.317 e. The minimum atomic E-state index is -0.836. The van der Waals surface area contributed by atoms with E-state index in [9.17, 15) is 9.59 Å². The standard InChI is InChI=1S/C13H24N2O3S/c1-3-19-8-6-10(2)14-13(18)15-7-4-5-11(15)9-12(16)17/h10-11H,3-9H2,1-2H3,(H,14,18)(H,16,17). The number of amides is 2. The Bertz CT molecular complexity index is 312. The average molecular weight is 288 g/mol. The highest BCUT2D eigenvalue weighted by atomic mass is 32.2. The molecule has 1 saturated heterocycles. The van der Waals surface area contributed by atoms with E-state index in [2.05, 4.69) is 12.2 Å². The molecule has 2 N–H and O–H groups in total. The zero-order chi connectivity index (χ0) is 14.3. The number of hydrogen-bond donors (Lipinski definition) is 2. The summed E-state index contributed by atoms with van der Waals surface area (Å²) in [5, 5.41) is 11.8. The third-order valence-corrected chi connectivity index (χ3v) is 4.25. The highest BCUT2D eigenvalue weighted by molar-refractivity contribution is 7.99. The molecule has 1 fully saturated rings. The Balaban J connectivity index is 2.36. The first kappa shape index (κ1) is 16.1. The number of nitrogens with one attached hydrogen (secondary N) is 1. The number of urea groups is 1. The van der Waals surface area contributed by atoms with E-state index in [1.165, 1.54) is 0 Å². The van der Waals surface area contributed by atoms with Crippen LogP contribution in [0.3, 0.4) is 0 Å². The van der Waals surface area contributed by atoms with Crippen molar-refractivity contribution in [3.63, 3.8) is 0 Å². The maximum Gasteiger partial charge on any atom is 0.317 e. The lowest BCUT2D eigenvalue weighted by Crippen LogP contribution is -2.46. The first-order chi connectivity index (χ1) is 9.04. The Kier molecular flexibility index (Phi) is 7.05. The molecule has 0 aromatic rings. The molecule has 2 atom stereocenters. The summed E-state index contributed by atoms with van der Waals surface area (Å²) in [7, 11) is 0. The van der Waals surface area contributed by atoms with Gasteiger partial charge in [0, 0.05) is 18.6 Å². The minimum Gasteiger partial charge on any atom is -0.481 e. The summed E-state index contributed by atoms with van der Waals surface area (Å²) in [5.74, 6) is 1.29. The SMILES string of the molecule is CCSCCC(C)NC(=O)N1CCCC1CC(=O)O. The number of rotatable bonds is 7. The van der Waals surface area contributed by atoms with Crippen LogP contribution in [0.4, 0.5) is 4.79 Å². The molecule has 0 aromatic heterocycles. The molecule has 0 aliphatic carbocycles. The summed E-state index contributed by atoms with van der Waals surface area (Å²) in [5.41, 5.74) is 0. The van der Waals surface area contributed by atoms with Crippen LogP contribution in [0.5, 0.6) is 0 Å². The predicted octanol–water partition coefficient (Wildman–Crippen LogP) is 2.17. The van der Waals surface area contributed by atoms with Gasteiger partial charge in [0.25, 0.3) is 0 Å². The number of carbonyl (C=O) groups excluding carboxylic acids is 1. The van der Waals surface area contributed by atoms with Crippen LogP contribution in [-0.2, 0) is 4.79 Å². The van der Waals surface area contributed by atoms with E-state index in [0.29, 0.717) is 6.54 Å². The summed E-state index contributed by atoms with van der Waals surface area (Å²) in [4.78, 5) is 24.5. The lowest BCUT2D eigenvalue weighted by atomic mass is 10.1. The zero-order valence-corrected chi connectivity index (χ0v) is 12.5. The van der Waals surface area contributed by atoms with Crippen LogP contribution in [0.1, 0.15) is 39.5 Å². The van der Waals surface area contributed by atoms with Crippen LogP contribution in [-0.4, -0.2) is 52.1 Å². The fourth-order valence-electron chi connectivity index (χ4n) is 2.29. The van der Waals surface area contributed by atoms with Gasteiger partial charge in [-0.15, -0.1) is 0 Å². The van der Waals surface area contributed by atoms with Crippen LogP contribution in [0.2, 0.25) is 0 Å². The van der Waals surface area contributed by atoms with Crippen LogP contribution in [0, 0.1) is 0 Å². The summed E-state index contributed by atoms with van der Waals surface area (Å²) >= 11 is 1.86. The van der Waals surface area contributed by atoms with Crippen molar-refractivity contribution in [2.45, 2.75) is 51.6 Å². The monoisotopic (exact) mass is 288 g/mol. The maximum atomic E-state index is 12.1. The molecule has 110 valence electrons. The molecular weight excluding hydrogens is 264 g/mol. The Hall–Kier alpha value is -0.910. The van der Waals surface area contributed by atoms with Gasteiger partial charge in [-0.2, -0.15) is 11.8 Å². The highest BCUT2D eigenvalue weighted by Gasteiger charge is 2.30. The third-order valence-electron chi connectivity index (χ3n) is 3.32. The third kappa shape index (κ3) is 5.72. The molecule has 1 heterocycles. The van der Waals surface area contributed by atoms with Gasteiger partial charge in [-0.05, 0) is 37.7 Å². The van der Waals surface area contributed by atoms with Gasteiger partial charge < -0.3 is 15.3 Å². The van der Waals surface area contributed by atoms with Crippen LogP contribution in [0.25, 0.3) is 0 Å². The van der Waals surface area contributed by atoms with Crippen molar-refractivity contribution in [1.82, 2.24) is 10.2 Å². The molecule has 1 aliphatic rings. The van der Waals surface area contributed by atoms with E-state index in [1.54, 1.807) is 4.90 Å². The van der Waals surface area contributed by atoms with E-state index in [0.717, 1.165) is 30.8 Å². The molecule has 1 aliphatic heterocycles. The average Bonchev–Trinajstić information content (AvgIpc) is 2.76. The van der Waals surface area contributed by atoms with Crippen molar-refractivity contribution in [1.29, 1.82) is 0 Å². The fraction of sp³-hybridized carbons (Fsp3) is 0.846. The van der Waals surface area contributed by atoms with Gasteiger partial charge >= 0.3 is 12.0 Å². The summed E-state index contributed by atoms with van der Waals surface area (Å²) in [6, 6.07) is -0.120.